The predicted octanol–water partition coefficient (Wildman–Crippen LogP) is 1.88. The minimum Gasteiger partial charge on any atom is -0.479 e. The number of carboxylic acids is 1. The number of fused-ring (bicyclic) bond motifs is 1. The summed E-state index contributed by atoms with van der Waals surface area (Å²) >= 11 is 0. The minimum absolute atomic E-state index is 0.145. The number of likely N-dealkylation sites (tertiary alicyclic amines) is 1. The summed E-state index contributed by atoms with van der Waals surface area (Å²) < 4.78 is 5.62. The molecule has 102 valence electrons. The van der Waals surface area contributed by atoms with Gasteiger partial charge in [-0.3, -0.25) is 4.90 Å². The second kappa shape index (κ2) is 5.17. The van der Waals surface area contributed by atoms with Crippen LogP contribution in [-0.2, 0) is 9.53 Å². The second-order valence-corrected chi connectivity index (χ2v) is 6.06. The van der Waals surface area contributed by atoms with Crippen molar-refractivity contribution >= 4 is 5.97 Å². The largest absolute Gasteiger partial charge is 0.479 e. The van der Waals surface area contributed by atoms with Crippen LogP contribution in [-0.4, -0.2) is 47.3 Å². The number of hydrogen-bond acceptors (Lipinski definition) is 3. The van der Waals surface area contributed by atoms with Gasteiger partial charge in [0.15, 0.2) is 6.10 Å². The van der Waals surface area contributed by atoms with Crippen LogP contribution < -0.4 is 0 Å². The van der Waals surface area contributed by atoms with E-state index in [1.165, 1.54) is 38.6 Å². The topological polar surface area (TPSA) is 49.8 Å². The van der Waals surface area contributed by atoms with Crippen LogP contribution in [0.5, 0.6) is 0 Å². The summed E-state index contributed by atoms with van der Waals surface area (Å²) in [6.45, 7) is 2.14. The molecule has 0 bridgehead atoms. The van der Waals surface area contributed by atoms with E-state index >= 15 is 0 Å². The summed E-state index contributed by atoms with van der Waals surface area (Å²) in [4.78, 5) is 13.4. The van der Waals surface area contributed by atoms with Crippen LogP contribution in [0.3, 0.4) is 0 Å². The summed E-state index contributed by atoms with van der Waals surface area (Å²) in [6.07, 6.45) is 8.00. The lowest BCUT2D eigenvalue weighted by Crippen LogP contribution is -2.39. The van der Waals surface area contributed by atoms with Gasteiger partial charge in [0, 0.05) is 12.6 Å². The first-order valence-electron chi connectivity index (χ1n) is 7.36. The van der Waals surface area contributed by atoms with Gasteiger partial charge in [-0.1, -0.05) is 12.8 Å². The van der Waals surface area contributed by atoms with Gasteiger partial charge >= 0.3 is 5.97 Å². The lowest BCUT2D eigenvalue weighted by Gasteiger charge is -2.33. The number of ether oxygens (including phenoxy) is 1. The first kappa shape index (κ1) is 12.4. The number of rotatable bonds is 3. The highest BCUT2D eigenvalue weighted by Crippen LogP contribution is 2.36. The molecular weight excluding hydrogens is 230 g/mol. The van der Waals surface area contributed by atoms with Crippen molar-refractivity contribution in [1.29, 1.82) is 0 Å². The second-order valence-electron chi connectivity index (χ2n) is 6.06. The molecule has 4 unspecified atom stereocenters. The van der Waals surface area contributed by atoms with E-state index in [1.807, 2.05) is 0 Å². The first-order valence-corrected chi connectivity index (χ1v) is 7.36. The Labute approximate surface area is 108 Å². The van der Waals surface area contributed by atoms with Crippen molar-refractivity contribution in [2.75, 3.05) is 13.1 Å². The minimum atomic E-state index is -0.797. The van der Waals surface area contributed by atoms with Crippen molar-refractivity contribution in [2.45, 2.75) is 63.2 Å². The predicted molar refractivity (Wildman–Crippen MR) is 67.5 cm³/mol. The monoisotopic (exact) mass is 253 g/mol. The van der Waals surface area contributed by atoms with Gasteiger partial charge in [0.2, 0.25) is 0 Å². The average molecular weight is 253 g/mol. The summed E-state index contributed by atoms with van der Waals surface area (Å²) in [7, 11) is 0. The van der Waals surface area contributed by atoms with Gasteiger partial charge in [-0.05, 0) is 44.6 Å². The zero-order valence-corrected chi connectivity index (χ0v) is 10.9. The molecule has 3 rings (SSSR count). The summed E-state index contributed by atoms with van der Waals surface area (Å²) in [5.41, 5.74) is 0. The van der Waals surface area contributed by atoms with E-state index in [0.29, 0.717) is 6.42 Å². The number of carboxylic acid groups (broad SMARTS) is 1. The third-order valence-electron chi connectivity index (χ3n) is 4.95. The Bertz CT molecular complexity index is 320. The Morgan fingerprint density at radius 2 is 2.00 bits per heavy atom. The summed E-state index contributed by atoms with van der Waals surface area (Å²) in [6, 6.07) is 0.756. The molecule has 1 aliphatic carbocycles. The molecule has 0 aromatic rings. The lowest BCUT2D eigenvalue weighted by molar-refractivity contribution is -0.149. The van der Waals surface area contributed by atoms with Crippen LogP contribution in [0.15, 0.2) is 0 Å². The summed E-state index contributed by atoms with van der Waals surface area (Å²) in [5.74, 6) is 0.102. The highest BCUT2D eigenvalue weighted by molar-refractivity contribution is 5.72. The quantitative estimate of drug-likeness (QED) is 0.834. The van der Waals surface area contributed by atoms with Crippen LogP contribution >= 0.6 is 0 Å². The lowest BCUT2D eigenvalue weighted by atomic mass is 9.85. The Kier molecular flexibility index (Phi) is 3.57. The van der Waals surface area contributed by atoms with Crippen LogP contribution in [0.25, 0.3) is 0 Å². The molecule has 1 saturated carbocycles. The number of aliphatic carboxylic acids is 1. The van der Waals surface area contributed by atoms with Crippen molar-refractivity contribution in [2.24, 2.45) is 5.92 Å². The molecule has 0 radical (unpaired) electrons. The molecule has 1 N–H and O–H groups in total. The van der Waals surface area contributed by atoms with Crippen molar-refractivity contribution < 1.29 is 14.6 Å². The SMILES string of the molecule is O=C(O)C1CCC(CN2CCC3CCCCC32)O1. The Hall–Kier alpha value is -0.610. The average Bonchev–Trinajstić information content (AvgIpc) is 2.98. The van der Waals surface area contributed by atoms with Gasteiger partial charge in [-0.25, -0.2) is 4.79 Å². The highest BCUT2D eigenvalue weighted by atomic mass is 16.5. The molecular formula is C14H23NO3. The summed E-state index contributed by atoms with van der Waals surface area (Å²) in [5, 5.41) is 8.94. The molecule has 0 aromatic heterocycles. The van der Waals surface area contributed by atoms with Gasteiger partial charge in [-0.2, -0.15) is 0 Å². The molecule has 4 atom stereocenters. The number of hydrogen-bond donors (Lipinski definition) is 1. The molecule has 18 heavy (non-hydrogen) atoms. The number of nitrogens with zero attached hydrogens (tertiary/aromatic N) is 1. The van der Waals surface area contributed by atoms with E-state index in [2.05, 4.69) is 4.90 Å². The molecule has 3 fully saturated rings. The molecule has 2 saturated heterocycles. The van der Waals surface area contributed by atoms with Crippen molar-refractivity contribution in [3.8, 4) is 0 Å². The zero-order valence-electron chi connectivity index (χ0n) is 10.9. The maximum absolute atomic E-state index is 10.9. The van der Waals surface area contributed by atoms with Gasteiger partial charge in [0.05, 0.1) is 6.10 Å². The Balaban J connectivity index is 1.53. The smallest absolute Gasteiger partial charge is 0.332 e. The van der Waals surface area contributed by atoms with Crippen LogP contribution in [0, 0.1) is 5.92 Å². The van der Waals surface area contributed by atoms with Crippen LogP contribution in [0.1, 0.15) is 44.9 Å². The first-order chi connectivity index (χ1) is 8.74. The fourth-order valence-electron chi connectivity index (χ4n) is 4.01. The van der Waals surface area contributed by atoms with E-state index in [9.17, 15) is 4.79 Å². The van der Waals surface area contributed by atoms with Crippen LogP contribution in [0.4, 0.5) is 0 Å². The van der Waals surface area contributed by atoms with E-state index in [1.54, 1.807) is 0 Å². The van der Waals surface area contributed by atoms with Crippen LogP contribution in [0.2, 0.25) is 0 Å². The third kappa shape index (κ3) is 2.41. The van der Waals surface area contributed by atoms with Gasteiger partial charge in [-0.15, -0.1) is 0 Å². The fourth-order valence-corrected chi connectivity index (χ4v) is 4.01. The highest BCUT2D eigenvalue weighted by Gasteiger charge is 2.38. The molecule has 0 spiro atoms. The number of carbonyl (C=O) groups is 1. The molecule has 0 amide bonds. The maximum atomic E-state index is 10.9. The Morgan fingerprint density at radius 1 is 1.17 bits per heavy atom. The molecule has 2 heterocycles. The molecule has 4 heteroatoms. The Morgan fingerprint density at radius 3 is 2.78 bits per heavy atom. The normalized spacial score (nSPS) is 40.9. The molecule has 2 aliphatic heterocycles. The third-order valence-corrected chi connectivity index (χ3v) is 4.95. The standard InChI is InChI=1S/C14H23NO3/c16-14(17)13-6-5-11(18-13)9-15-8-7-10-3-1-2-4-12(10)15/h10-13H,1-9H2,(H,16,17). The van der Waals surface area contributed by atoms with Gasteiger partial charge < -0.3 is 9.84 Å². The van der Waals surface area contributed by atoms with Crippen molar-refractivity contribution in [3.63, 3.8) is 0 Å². The maximum Gasteiger partial charge on any atom is 0.332 e. The van der Waals surface area contributed by atoms with Crippen molar-refractivity contribution in [1.82, 2.24) is 4.90 Å². The van der Waals surface area contributed by atoms with Gasteiger partial charge in [0.1, 0.15) is 0 Å². The van der Waals surface area contributed by atoms with E-state index < -0.39 is 12.1 Å². The fraction of sp³-hybridized carbons (Fsp3) is 0.929. The van der Waals surface area contributed by atoms with E-state index in [4.69, 9.17) is 9.84 Å². The van der Waals surface area contributed by atoms with E-state index in [-0.39, 0.29) is 6.10 Å². The van der Waals surface area contributed by atoms with Gasteiger partial charge in [0.25, 0.3) is 0 Å². The molecule has 3 aliphatic rings. The molecule has 0 aromatic carbocycles. The zero-order chi connectivity index (χ0) is 12.5. The van der Waals surface area contributed by atoms with E-state index in [0.717, 1.165) is 24.9 Å². The molecule has 4 nitrogen and oxygen atoms in total. The van der Waals surface area contributed by atoms with Crippen molar-refractivity contribution in [3.05, 3.63) is 0 Å².